The molecule has 42 heavy (non-hydrogen) atoms. The molecule has 1 fully saturated rings. The maximum Gasteiger partial charge on any atom is 0.434 e. The lowest BCUT2D eigenvalue weighted by molar-refractivity contribution is -0.140. The van der Waals surface area contributed by atoms with Gasteiger partial charge in [-0.25, -0.2) is 24.6 Å². The molecule has 4 aromatic heterocycles. The maximum absolute atomic E-state index is 13.5. The number of aliphatic hydroxyl groups excluding tert-OH is 1. The summed E-state index contributed by atoms with van der Waals surface area (Å²) in [5, 5.41) is 14.5. The number of rotatable bonds is 9. The number of aromatic amines is 1. The van der Waals surface area contributed by atoms with Crippen LogP contribution in [-0.2, 0) is 12.7 Å². The van der Waals surface area contributed by atoms with Crippen molar-refractivity contribution in [1.29, 1.82) is 0 Å². The first-order valence-electron chi connectivity index (χ1n) is 13.4. The van der Waals surface area contributed by atoms with Gasteiger partial charge in [-0.3, -0.25) is 4.79 Å². The largest absolute Gasteiger partial charge is 0.491 e. The van der Waals surface area contributed by atoms with Gasteiger partial charge >= 0.3 is 6.18 Å². The molecule has 0 atom stereocenters. The molecular weight excluding hydrogens is 553 g/mol. The van der Waals surface area contributed by atoms with Crippen LogP contribution in [0.2, 0.25) is 0 Å². The number of fused-ring (bicyclic) bond motifs is 1. The molecular formula is C28H27F3N8O3. The molecule has 0 radical (unpaired) electrons. The maximum atomic E-state index is 13.5. The van der Waals surface area contributed by atoms with Crippen LogP contribution < -0.4 is 10.3 Å². The van der Waals surface area contributed by atoms with E-state index in [2.05, 4.69) is 30.0 Å². The number of nitrogens with zero attached hydrogens (tertiary/aromatic N) is 7. The number of ether oxygens (including phenoxy) is 1. The van der Waals surface area contributed by atoms with E-state index in [1.54, 1.807) is 49.1 Å². The van der Waals surface area contributed by atoms with E-state index in [9.17, 15) is 23.1 Å². The van der Waals surface area contributed by atoms with Gasteiger partial charge < -0.3 is 19.4 Å². The van der Waals surface area contributed by atoms with Crippen LogP contribution in [0.3, 0.4) is 0 Å². The van der Waals surface area contributed by atoms with Gasteiger partial charge in [0.25, 0.3) is 5.56 Å². The Kier molecular flexibility index (Phi) is 7.01. The van der Waals surface area contributed by atoms with Crippen molar-refractivity contribution in [2.45, 2.75) is 51.4 Å². The average Bonchev–Trinajstić information content (AvgIpc) is 3.57. The third-order valence-electron chi connectivity index (χ3n) is 7.02. The number of aromatic nitrogens is 8. The highest BCUT2D eigenvalue weighted by Gasteiger charge is 2.35. The zero-order chi connectivity index (χ0) is 29.6. The Labute approximate surface area is 237 Å². The van der Waals surface area contributed by atoms with Crippen LogP contribution in [0.1, 0.15) is 55.6 Å². The van der Waals surface area contributed by atoms with Crippen LogP contribution in [0.5, 0.6) is 5.75 Å². The third kappa shape index (κ3) is 5.24. The van der Waals surface area contributed by atoms with Crippen molar-refractivity contribution in [3.63, 3.8) is 0 Å². The van der Waals surface area contributed by atoms with Gasteiger partial charge in [0.05, 0.1) is 36.8 Å². The van der Waals surface area contributed by atoms with Crippen LogP contribution in [0.25, 0.3) is 33.8 Å². The molecule has 1 saturated carbocycles. The molecule has 11 nitrogen and oxygen atoms in total. The molecule has 5 aromatic rings. The van der Waals surface area contributed by atoms with Crippen molar-refractivity contribution >= 4 is 11.0 Å². The number of hydrogen-bond acceptors (Lipinski definition) is 8. The molecule has 4 heterocycles. The summed E-state index contributed by atoms with van der Waals surface area (Å²) in [5.41, 5.74) is 1.26. The third-order valence-corrected chi connectivity index (χ3v) is 7.02. The van der Waals surface area contributed by atoms with E-state index < -0.39 is 11.9 Å². The molecule has 0 spiro atoms. The summed E-state index contributed by atoms with van der Waals surface area (Å²) in [6.45, 7) is 3.45. The van der Waals surface area contributed by atoms with Gasteiger partial charge in [0.1, 0.15) is 23.7 Å². The molecule has 218 valence electrons. The van der Waals surface area contributed by atoms with Gasteiger partial charge in [-0.05, 0) is 32.8 Å². The lowest BCUT2D eigenvalue weighted by Gasteiger charge is -2.15. The standard InChI is InChI=1S/C28H27F3N8O3/c1-15(2)38-13-21(28(29,30)31)36-25(38)17-5-6-18(20(9-17)42-8-7-40)12-39-26-19(11-35-39)10-32-24(37-26)22-23(16-3-4-16)33-14-34-27(22)41/h5-6,9-11,13-16,40H,3-4,7-8,12H2,1-2H3,(H,33,34,41). The van der Waals surface area contributed by atoms with Crippen molar-refractivity contribution in [3.05, 3.63) is 70.4 Å². The molecule has 2 N–H and O–H groups in total. The highest BCUT2D eigenvalue weighted by atomic mass is 19.4. The van der Waals surface area contributed by atoms with Gasteiger partial charge in [0.2, 0.25) is 0 Å². The molecule has 6 rings (SSSR count). The fraction of sp³-hybridized carbons (Fsp3) is 0.357. The Morgan fingerprint density at radius 3 is 2.69 bits per heavy atom. The number of nitrogens with one attached hydrogen (secondary N) is 1. The molecule has 14 heteroatoms. The Morgan fingerprint density at radius 2 is 1.98 bits per heavy atom. The summed E-state index contributed by atoms with van der Waals surface area (Å²) in [4.78, 5) is 32.7. The Hall–Kier alpha value is -4.59. The van der Waals surface area contributed by atoms with Crippen LogP contribution in [-0.4, -0.2) is 57.6 Å². The van der Waals surface area contributed by atoms with E-state index in [0.717, 1.165) is 19.0 Å². The summed E-state index contributed by atoms with van der Waals surface area (Å²) in [6, 6.07) is 4.73. The quantitative estimate of drug-likeness (QED) is 0.263. The fourth-order valence-electron chi connectivity index (χ4n) is 4.81. The Morgan fingerprint density at radius 1 is 1.17 bits per heavy atom. The van der Waals surface area contributed by atoms with E-state index in [0.29, 0.717) is 39.2 Å². The van der Waals surface area contributed by atoms with Crippen LogP contribution in [0.15, 0.2) is 47.9 Å². The second-order valence-corrected chi connectivity index (χ2v) is 10.4. The molecule has 0 aliphatic heterocycles. The van der Waals surface area contributed by atoms with Crippen molar-refractivity contribution in [3.8, 4) is 28.5 Å². The highest BCUT2D eigenvalue weighted by Crippen LogP contribution is 2.41. The number of alkyl halides is 3. The molecule has 0 saturated heterocycles. The van der Waals surface area contributed by atoms with Crippen molar-refractivity contribution in [1.82, 2.24) is 39.3 Å². The summed E-state index contributed by atoms with van der Waals surface area (Å²) >= 11 is 0. The van der Waals surface area contributed by atoms with E-state index in [4.69, 9.17) is 4.74 Å². The first-order valence-corrected chi connectivity index (χ1v) is 13.4. The number of aliphatic hydroxyl groups is 1. The molecule has 0 unspecified atom stereocenters. The fourth-order valence-corrected chi connectivity index (χ4v) is 4.81. The molecule has 1 aliphatic rings. The van der Waals surface area contributed by atoms with Crippen molar-refractivity contribution in [2.75, 3.05) is 13.2 Å². The van der Waals surface area contributed by atoms with Crippen LogP contribution in [0, 0.1) is 0 Å². The number of imidazole rings is 1. The van der Waals surface area contributed by atoms with Crippen molar-refractivity contribution < 1.29 is 23.0 Å². The van der Waals surface area contributed by atoms with E-state index in [1.807, 2.05) is 0 Å². The SMILES string of the molecule is CC(C)n1cc(C(F)(F)F)nc1-c1ccc(Cn2ncc3cnc(-c4c(C5CC5)nc[nH]c4=O)nc32)c(OCCO)c1. The summed E-state index contributed by atoms with van der Waals surface area (Å²) in [6.07, 6.45) is 2.90. The molecule has 1 aromatic carbocycles. The first kappa shape index (κ1) is 27.6. The van der Waals surface area contributed by atoms with Gasteiger partial charge in [0, 0.05) is 35.5 Å². The summed E-state index contributed by atoms with van der Waals surface area (Å²) in [7, 11) is 0. The summed E-state index contributed by atoms with van der Waals surface area (Å²) < 4.78 is 49.3. The van der Waals surface area contributed by atoms with E-state index in [-0.39, 0.29) is 48.9 Å². The second kappa shape index (κ2) is 10.7. The number of H-pyrrole nitrogens is 1. The predicted molar refractivity (Wildman–Crippen MR) is 146 cm³/mol. The lowest BCUT2D eigenvalue weighted by atomic mass is 10.1. The van der Waals surface area contributed by atoms with E-state index in [1.165, 1.54) is 10.9 Å². The molecule has 0 amide bonds. The first-order chi connectivity index (χ1) is 20.1. The molecule has 0 bridgehead atoms. The number of hydrogen-bond donors (Lipinski definition) is 2. The van der Waals surface area contributed by atoms with E-state index >= 15 is 0 Å². The van der Waals surface area contributed by atoms with Gasteiger partial charge in [-0.15, -0.1) is 0 Å². The van der Waals surface area contributed by atoms with Gasteiger partial charge in [-0.2, -0.15) is 18.3 Å². The smallest absolute Gasteiger partial charge is 0.434 e. The zero-order valence-electron chi connectivity index (χ0n) is 22.8. The monoisotopic (exact) mass is 580 g/mol. The van der Waals surface area contributed by atoms with Gasteiger partial charge in [-0.1, -0.05) is 12.1 Å². The topological polar surface area (TPSA) is 137 Å². The number of halogens is 3. The average molecular weight is 581 g/mol. The minimum Gasteiger partial charge on any atom is -0.491 e. The Bertz CT molecular complexity index is 1820. The van der Waals surface area contributed by atoms with Crippen LogP contribution >= 0.6 is 0 Å². The zero-order valence-corrected chi connectivity index (χ0v) is 22.8. The van der Waals surface area contributed by atoms with Gasteiger partial charge in [0.15, 0.2) is 17.2 Å². The predicted octanol–water partition coefficient (Wildman–Crippen LogP) is 4.34. The molecule has 1 aliphatic carbocycles. The second-order valence-electron chi connectivity index (χ2n) is 10.4. The van der Waals surface area contributed by atoms with Crippen LogP contribution in [0.4, 0.5) is 13.2 Å². The minimum absolute atomic E-state index is 0.0250. The Balaban J connectivity index is 1.39. The van der Waals surface area contributed by atoms with Crippen molar-refractivity contribution in [2.24, 2.45) is 0 Å². The minimum atomic E-state index is -4.59. The lowest BCUT2D eigenvalue weighted by Crippen LogP contribution is -2.15. The number of benzene rings is 1. The normalized spacial score (nSPS) is 13.8. The summed E-state index contributed by atoms with van der Waals surface area (Å²) in [5.74, 6) is 0.947. The highest BCUT2D eigenvalue weighted by molar-refractivity contribution is 5.76.